The van der Waals surface area contributed by atoms with Crippen LogP contribution in [0.4, 0.5) is 4.39 Å². The molecule has 208 valence electrons. The molecule has 0 saturated carbocycles. The van der Waals surface area contributed by atoms with Crippen LogP contribution in [0.3, 0.4) is 0 Å². The molecule has 0 amide bonds. The predicted molar refractivity (Wildman–Crippen MR) is 142 cm³/mol. The number of aliphatic carboxylic acids is 1. The van der Waals surface area contributed by atoms with Crippen LogP contribution in [0.5, 0.6) is 5.75 Å². The van der Waals surface area contributed by atoms with Gasteiger partial charge in [0.15, 0.2) is 0 Å². The summed E-state index contributed by atoms with van der Waals surface area (Å²) in [5.41, 5.74) is -2.84. The number of carboxylic acid groups (broad SMARTS) is 1. The van der Waals surface area contributed by atoms with Gasteiger partial charge in [-0.1, -0.05) is 0 Å². The lowest BCUT2D eigenvalue weighted by Gasteiger charge is -2.30. The lowest BCUT2D eigenvalue weighted by molar-refractivity contribution is -0.146. The van der Waals surface area contributed by atoms with E-state index >= 15 is 0 Å². The number of fused-ring (bicyclic) bond motifs is 1. The molecule has 3 heterocycles. The molecular formula is C27H30FN3O7S. The molecule has 2 aromatic heterocycles. The number of aryl methyl sites for hydroxylation is 1. The van der Waals surface area contributed by atoms with E-state index in [-0.39, 0.29) is 27.7 Å². The first kappa shape index (κ1) is 28.5. The molecule has 1 N–H and O–H groups in total. The Balaban J connectivity index is 1.99. The van der Waals surface area contributed by atoms with E-state index in [0.29, 0.717) is 54.1 Å². The first-order chi connectivity index (χ1) is 18.5. The highest BCUT2D eigenvalue weighted by Gasteiger charge is 2.36. The minimum atomic E-state index is -1.89. The molecule has 1 saturated heterocycles. The van der Waals surface area contributed by atoms with Gasteiger partial charge < -0.3 is 19.3 Å². The van der Waals surface area contributed by atoms with E-state index < -0.39 is 34.7 Å². The second-order valence-electron chi connectivity index (χ2n) is 9.80. The lowest BCUT2D eigenvalue weighted by atomic mass is 10.0. The van der Waals surface area contributed by atoms with Crippen LogP contribution in [0.25, 0.3) is 10.2 Å². The fourth-order valence-electron chi connectivity index (χ4n) is 4.69. The van der Waals surface area contributed by atoms with Crippen molar-refractivity contribution < 1.29 is 28.5 Å². The third-order valence-electron chi connectivity index (χ3n) is 6.89. The number of aromatic nitrogens is 2. The summed E-state index contributed by atoms with van der Waals surface area (Å²) >= 11 is 0.968. The zero-order valence-electron chi connectivity index (χ0n) is 22.2. The van der Waals surface area contributed by atoms with Crippen LogP contribution < -0.4 is 16.0 Å². The minimum absolute atomic E-state index is 0.0829. The van der Waals surface area contributed by atoms with Gasteiger partial charge in [0.25, 0.3) is 5.56 Å². The van der Waals surface area contributed by atoms with Crippen LogP contribution in [0.1, 0.15) is 55.7 Å². The predicted octanol–water partition coefficient (Wildman–Crippen LogP) is 3.70. The molecule has 0 spiro atoms. The summed E-state index contributed by atoms with van der Waals surface area (Å²) < 4.78 is 34.1. The molecule has 12 heteroatoms. The number of nitriles is 1. The lowest BCUT2D eigenvalue weighted by Crippen LogP contribution is -2.52. The Morgan fingerprint density at radius 1 is 1.33 bits per heavy atom. The van der Waals surface area contributed by atoms with E-state index in [0.717, 1.165) is 11.3 Å². The largest absolute Gasteiger partial charge is 0.493 e. The molecule has 4 rings (SSSR count). The van der Waals surface area contributed by atoms with Gasteiger partial charge in [-0.05, 0) is 64.3 Å². The molecule has 1 fully saturated rings. The van der Waals surface area contributed by atoms with Crippen molar-refractivity contribution in [3.8, 4) is 11.8 Å². The van der Waals surface area contributed by atoms with Crippen molar-refractivity contribution in [2.75, 3.05) is 19.8 Å². The third kappa shape index (κ3) is 5.34. The van der Waals surface area contributed by atoms with Crippen LogP contribution >= 0.6 is 11.3 Å². The summed E-state index contributed by atoms with van der Waals surface area (Å²) in [7, 11) is 0. The quantitative estimate of drug-likeness (QED) is 0.420. The Morgan fingerprint density at radius 2 is 2.03 bits per heavy atom. The number of benzene rings is 1. The van der Waals surface area contributed by atoms with Gasteiger partial charge in [-0.25, -0.2) is 18.5 Å². The van der Waals surface area contributed by atoms with Crippen LogP contribution in [-0.4, -0.2) is 46.1 Å². The number of carboxylic acids is 1. The van der Waals surface area contributed by atoms with Crippen molar-refractivity contribution >= 4 is 27.5 Å². The average molecular weight is 560 g/mol. The normalized spacial score (nSPS) is 15.3. The number of carbonyl (C=O) groups is 1. The zero-order chi connectivity index (χ0) is 28.5. The van der Waals surface area contributed by atoms with Gasteiger partial charge in [-0.15, -0.1) is 11.3 Å². The van der Waals surface area contributed by atoms with Crippen molar-refractivity contribution in [2.45, 2.75) is 64.8 Å². The first-order valence-electron chi connectivity index (χ1n) is 12.6. The Morgan fingerprint density at radius 3 is 2.64 bits per heavy atom. The monoisotopic (exact) mass is 559 g/mol. The molecule has 0 radical (unpaired) electrons. The highest BCUT2D eigenvalue weighted by molar-refractivity contribution is 7.19. The van der Waals surface area contributed by atoms with Gasteiger partial charge in [0.1, 0.15) is 39.0 Å². The summed E-state index contributed by atoms with van der Waals surface area (Å²) in [6, 6.07) is 6.09. The van der Waals surface area contributed by atoms with E-state index in [1.165, 1.54) is 36.6 Å². The molecule has 10 nitrogen and oxygen atoms in total. The second-order valence-corrected chi connectivity index (χ2v) is 10.8. The molecular weight excluding hydrogens is 529 g/mol. The molecule has 1 atom stereocenters. The highest BCUT2D eigenvalue weighted by atomic mass is 32.1. The smallest absolute Gasteiger partial charge is 0.333 e. The fraction of sp³-hybridized carbons (Fsp3) is 0.481. The molecule has 3 aromatic rings. The van der Waals surface area contributed by atoms with Crippen molar-refractivity contribution in [3.63, 3.8) is 0 Å². The standard InChI is InChI=1S/C27H30FN3O7S/c1-5-37-19-7-6-16(28)12-18(19)20(38-17-8-10-36-11-9-17)14-30-24-22(15(2)21(13-29)39-24)23(32)31(26(30)35)27(3,4)25(33)34/h6-7,12,17,20H,5,8-11,14H2,1-4H3,(H,33,34)/t20-/m1/s1. The maximum Gasteiger partial charge on any atom is 0.333 e. The van der Waals surface area contributed by atoms with E-state index in [1.54, 1.807) is 13.8 Å². The molecule has 1 aliphatic heterocycles. The average Bonchev–Trinajstić information content (AvgIpc) is 3.23. The topological polar surface area (TPSA) is 133 Å². The first-order valence-corrected chi connectivity index (χ1v) is 13.4. The molecule has 1 aliphatic rings. The molecule has 0 bridgehead atoms. The van der Waals surface area contributed by atoms with Gasteiger partial charge in [0.2, 0.25) is 0 Å². The number of nitrogens with zero attached hydrogens (tertiary/aromatic N) is 3. The van der Waals surface area contributed by atoms with Crippen molar-refractivity contribution in [2.24, 2.45) is 0 Å². The van der Waals surface area contributed by atoms with Crippen LogP contribution in [0.15, 0.2) is 27.8 Å². The van der Waals surface area contributed by atoms with E-state index in [9.17, 15) is 29.1 Å². The number of halogens is 1. The van der Waals surface area contributed by atoms with E-state index in [2.05, 4.69) is 0 Å². The molecule has 0 unspecified atom stereocenters. The Bertz CT molecular complexity index is 1560. The summed E-state index contributed by atoms with van der Waals surface area (Å²) in [4.78, 5) is 40.0. The minimum Gasteiger partial charge on any atom is -0.493 e. The second kappa shape index (κ2) is 11.3. The number of thiophene rings is 1. The van der Waals surface area contributed by atoms with Gasteiger partial charge in [-0.3, -0.25) is 9.36 Å². The maximum atomic E-state index is 14.5. The fourth-order valence-corrected chi connectivity index (χ4v) is 5.78. The van der Waals surface area contributed by atoms with Gasteiger partial charge in [0.05, 0.1) is 24.6 Å². The van der Waals surface area contributed by atoms with Gasteiger partial charge >= 0.3 is 11.7 Å². The number of hydrogen-bond donors (Lipinski definition) is 1. The van der Waals surface area contributed by atoms with Crippen LogP contribution in [-0.2, 0) is 26.4 Å². The number of ether oxygens (including phenoxy) is 3. The summed E-state index contributed by atoms with van der Waals surface area (Å²) in [6.45, 7) is 6.98. The van der Waals surface area contributed by atoms with Crippen LogP contribution in [0.2, 0.25) is 0 Å². The van der Waals surface area contributed by atoms with Crippen molar-refractivity contribution in [1.82, 2.24) is 9.13 Å². The molecule has 39 heavy (non-hydrogen) atoms. The van der Waals surface area contributed by atoms with E-state index in [4.69, 9.17) is 14.2 Å². The Kier molecular flexibility index (Phi) is 8.25. The Labute approximate surface area is 227 Å². The number of hydrogen-bond acceptors (Lipinski definition) is 8. The molecule has 1 aromatic carbocycles. The van der Waals surface area contributed by atoms with Crippen molar-refractivity contribution in [1.29, 1.82) is 5.26 Å². The number of rotatable bonds is 9. The van der Waals surface area contributed by atoms with Gasteiger partial charge in [0, 0.05) is 18.8 Å². The third-order valence-corrected chi connectivity index (χ3v) is 8.11. The highest BCUT2D eigenvalue weighted by Crippen LogP contribution is 2.35. The Hall–Kier alpha value is -3.53. The zero-order valence-corrected chi connectivity index (χ0v) is 23.0. The van der Waals surface area contributed by atoms with Crippen molar-refractivity contribution in [3.05, 3.63) is 60.9 Å². The summed E-state index contributed by atoms with van der Waals surface area (Å²) in [6.07, 6.45) is 0.0110. The van der Waals surface area contributed by atoms with Crippen LogP contribution in [0, 0.1) is 24.1 Å². The van der Waals surface area contributed by atoms with Gasteiger partial charge in [-0.2, -0.15) is 5.26 Å². The van der Waals surface area contributed by atoms with E-state index in [1.807, 2.05) is 6.07 Å². The summed E-state index contributed by atoms with van der Waals surface area (Å²) in [5.74, 6) is -1.53. The molecule has 0 aliphatic carbocycles. The summed E-state index contributed by atoms with van der Waals surface area (Å²) in [5, 5.41) is 19.6. The SMILES string of the molecule is CCOc1ccc(F)cc1[C@@H](Cn1c(=O)n(C(C)(C)C(=O)O)c(=O)c2c(C)c(C#N)sc21)OC1CCOCC1. The maximum absolute atomic E-state index is 14.5.